The Hall–Kier alpha value is -0.830. The highest BCUT2D eigenvalue weighted by atomic mass is 79.9. The fourth-order valence-electron chi connectivity index (χ4n) is 1.70. The summed E-state index contributed by atoms with van der Waals surface area (Å²) in [6.07, 6.45) is 3.88. The van der Waals surface area contributed by atoms with Crippen molar-refractivity contribution in [1.82, 2.24) is 5.32 Å². The number of carbonyl (C=O) groups excluding carboxylic acids is 1. The van der Waals surface area contributed by atoms with Crippen LogP contribution in [-0.4, -0.2) is 11.2 Å². The summed E-state index contributed by atoms with van der Waals surface area (Å²) >= 11 is 3.45. The molecular formula is C14H20BrNO. The number of hydrogen-bond donors (Lipinski definition) is 1. The zero-order chi connectivity index (χ0) is 12.5. The number of unbranched alkanes of at least 4 members (excludes halogenated alkanes) is 2. The zero-order valence-corrected chi connectivity index (χ0v) is 11.9. The summed E-state index contributed by atoms with van der Waals surface area (Å²) in [6, 6.07) is 10.1. The summed E-state index contributed by atoms with van der Waals surface area (Å²) in [5, 5.41) is 3.80. The van der Waals surface area contributed by atoms with E-state index in [9.17, 15) is 4.79 Å². The summed E-state index contributed by atoms with van der Waals surface area (Å²) in [7, 11) is 0. The van der Waals surface area contributed by atoms with Crippen molar-refractivity contribution in [2.45, 2.75) is 38.6 Å². The van der Waals surface area contributed by atoms with E-state index in [0.29, 0.717) is 6.42 Å². The first-order chi connectivity index (χ1) is 8.27. The van der Waals surface area contributed by atoms with Crippen LogP contribution in [0.2, 0.25) is 0 Å². The molecule has 0 fully saturated rings. The van der Waals surface area contributed by atoms with Crippen molar-refractivity contribution in [1.29, 1.82) is 0 Å². The van der Waals surface area contributed by atoms with E-state index in [-0.39, 0.29) is 11.9 Å². The summed E-state index contributed by atoms with van der Waals surface area (Å²) in [5.74, 6) is 0.145. The molecule has 1 aromatic carbocycles. The Labute approximate surface area is 112 Å². The van der Waals surface area contributed by atoms with Crippen molar-refractivity contribution >= 4 is 21.8 Å². The number of carbonyl (C=O) groups is 1. The molecular weight excluding hydrogens is 278 g/mol. The summed E-state index contributed by atoms with van der Waals surface area (Å²) < 4.78 is 0. The normalized spacial score (nSPS) is 12.1. The van der Waals surface area contributed by atoms with Crippen molar-refractivity contribution in [3.63, 3.8) is 0 Å². The van der Waals surface area contributed by atoms with E-state index in [1.165, 1.54) is 0 Å². The Bertz CT molecular complexity index is 326. The van der Waals surface area contributed by atoms with Gasteiger partial charge in [0.1, 0.15) is 0 Å². The molecule has 0 aliphatic carbocycles. The molecule has 1 rings (SSSR count). The average Bonchev–Trinajstić information content (AvgIpc) is 2.37. The molecule has 3 heteroatoms. The second-order valence-corrected chi connectivity index (χ2v) is 4.79. The molecule has 0 bridgehead atoms. The molecule has 0 heterocycles. The van der Waals surface area contributed by atoms with E-state index in [1.54, 1.807) is 0 Å². The highest BCUT2D eigenvalue weighted by molar-refractivity contribution is 9.09. The Morgan fingerprint density at radius 1 is 1.29 bits per heavy atom. The number of alkyl halides is 1. The van der Waals surface area contributed by atoms with Gasteiger partial charge in [-0.1, -0.05) is 66.0 Å². The fourth-order valence-corrected chi connectivity index (χ4v) is 2.23. The number of nitrogens with one attached hydrogen (secondary N) is 1. The van der Waals surface area contributed by atoms with Crippen LogP contribution in [0.3, 0.4) is 0 Å². The Morgan fingerprint density at radius 3 is 2.59 bits per heavy atom. The van der Waals surface area contributed by atoms with E-state index < -0.39 is 0 Å². The van der Waals surface area contributed by atoms with Gasteiger partial charge < -0.3 is 5.32 Å². The van der Waals surface area contributed by atoms with Crippen LogP contribution in [-0.2, 0) is 4.79 Å². The van der Waals surface area contributed by atoms with Gasteiger partial charge in [0.15, 0.2) is 0 Å². The predicted molar refractivity (Wildman–Crippen MR) is 75.3 cm³/mol. The van der Waals surface area contributed by atoms with Crippen LogP contribution < -0.4 is 5.32 Å². The molecule has 0 saturated heterocycles. The van der Waals surface area contributed by atoms with Gasteiger partial charge in [0.25, 0.3) is 0 Å². The Morgan fingerprint density at radius 2 is 2.00 bits per heavy atom. The molecule has 0 saturated carbocycles. The van der Waals surface area contributed by atoms with Crippen molar-refractivity contribution in [2.75, 3.05) is 5.33 Å². The first-order valence-corrected chi connectivity index (χ1v) is 7.30. The van der Waals surface area contributed by atoms with Crippen molar-refractivity contribution < 1.29 is 4.79 Å². The van der Waals surface area contributed by atoms with Crippen LogP contribution in [0.15, 0.2) is 30.3 Å². The maximum absolute atomic E-state index is 11.7. The smallest absolute Gasteiger partial charge is 0.220 e. The van der Waals surface area contributed by atoms with Crippen molar-refractivity contribution in [3.8, 4) is 0 Å². The fraction of sp³-hybridized carbons (Fsp3) is 0.500. The molecule has 1 unspecified atom stereocenters. The van der Waals surface area contributed by atoms with E-state index in [1.807, 2.05) is 30.3 Å². The van der Waals surface area contributed by atoms with E-state index in [2.05, 4.69) is 28.2 Å². The van der Waals surface area contributed by atoms with Gasteiger partial charge in [-0.05, 0) is 12.0 Å². The SMILES string of the molecule is CCCCCC(=O)NC(CBr)c1ccccc1. The van der Waals surface area contributed by atoms with Crippen LogP contribution >= 0.6 is 15.9 Å². The molecule has 1 N–H and O–H groups in total. The molecule has 0 spiro atoms. The number of halogens is 1. The minimum absolute atomic E-state index is 0.0744. The summed E-state index contributed by atoms with van der Waals surface area (Å²) in [6.45, 7) is 2.14. The number of hydrogen-bond acceptors (Lipinski definition) is 1. The molecule has 1 aromatic rings. The largest absolute Gasteiger partial charge is 0.348 e. The molecule has 0 aromatic heterocycles. The highest BCUT2D eigenvalue weighted by Crippen LogP contribution is 2.15. The highest BCUT2D eigenvalue weighted by Gasteiger charge is 2.12. The first kappa shape index (κ1) is 14.2. The van der Waals surface area contributed by atoms with Gasteiger partial charge in [-0.2, -0.15) is 0 Å². The molecule has 1 amide bonds. The maximum Gasteiger partial charge on any atom is 0.220 e. The Kier molecular flexibility index (Phi) is 6.94. The minimum atomic E-state index is 0.0744. The van der Waals surface area contributed by atoms with Crippen LogP contribution in [0, 0.1) is 0 Å². The number of amides is 1. The third-order valence-electron chi connectivity index (χ3n) is 2.70. The third kappa shape index (κ3) is 5.35. The Balaban J connectivity index is 2.44. The molecule has 0 radical (unpaired) electrons. The van der Waals surface area contributed by atoms with E-state index in [4.69, 9.17) is 0 Å². The molecule has 2 nitrogen and oxygen atoms in total. The number of rotatable bonds is 7. The van der Waals surface area contributed by atoms with Gasteiger partial charge in [0.2, 0.25) is 5.91 Å². The van der Waals surface area contributed by atoms with Gasteiger partial charge in [-0.25, -0.2) is 0 Å². The second kappa shape index (κ2) is 8.29. The van der Waals surface area contributed by atoms with Gasteiger partial charge in [0, 0.05) is 11.8 Å². The zero-order valence-electron chi connectivity index (χ0n) is 10.3. The van der Waals surface area contributed by atoms with Crippen molar-refractivity contribution in [2.24, 2.45) is 0 Å². The molecule has 0 aliphatic heterocycles. The molecule has 94 valence electrons. The third-order valence-corrected chi connectivity index (χ3v) is 3.35. The maximum atomic E-state index is 11.7. The average molecular weight is 298 g/mol. The van der Waals surface area contributed by atoms with Crippen LogP contribution in [0.1, 0.15) is 44.2 Å². The standard InChI is InChI=1S/C14H20BrNO/c1-2-3-5-10-14(17)16-13(11-15)12-8-6-4-7-9-12/h4,6-9,13H,2-3,5,10-11H2,1H3,(H,16,17). The first-order valence-electron chi connectivity index (χ1n) is 6.18. The van der Waals surface area contributed by atoms with E-state index >= 15 is 0 Å². The second-order valence-electron chi connectivity index (χ2n) is 4.14. The quantitative estimate of drug-likeness (QED) is 0.602. The van der Waals surface area contributed by atoms with Gasteiger partial charge >= 0.3 is 0 Å². The molecule has 17 heavy (non-hydrogen) atoms. The topological polar surface area (TPSA) is 29.1 Å². The monoisotopic (exact) mass is 297 g/mol. The molecule has 1 atom stereocenters. The van der Waals surface area contributed by atoms with Gasteiger partial charge in [-0.15, -0.1) is 0 Å². The van der Waals surface area contributed by atoms with Crippen LogP contribution in [0.25, 0.3) is 0 Å². The summed E-state index contributed by atoms with van der Waals surface area (Å²) in [5.41, 5.74) is 1.15. The van der Waals surface area contributed by atoms with Crippen LogP contribution in [0.4, 0.5) is 0 Å². The van der Waals surface area contributed by atoms with Crippen LogP contribution in [0.5, 0.6) is 0 Å². The van der Waals surface area contributed by atoms with E-state index in [0.717, 1.165) is 30.2 Å². The van der Waals surface area contributed by atoms with Crippen molar-refractivity contribution in [3.05, 3.63) is 35.9 Å². The summed E-state index contributed by atoms with van der Waals surface area (Å²) in [4.78, 5) is 11.7. The number of benzene rings is 1. The minimum Gasteiger partial charge on any atom is -0.348 e. The lowest BCUT2D eigenvalue weighted by Crippen LogP contribution is -2.29. The van der Waals surface area contributed by atoms with Gasteiger partial charge in [-0.3, -0.25) is 4.79 Å². The lowest BCUT2D eigenvalue weighted by atomic mass is 10.1. The molecule has 0 aliphatic rings. The predicted octanol–water partition coefficient (Wildman–Crippen LogP) is 3.82. The lowest BCUT2D eigenvalue weighted by molar-refractivity contribution is -0.121. The van der Waals surface area contributed by atoms with Gasteiger partial charge in [0.05, 0.1) is 6.04 Å². The lowest BCUT2D eigenvalue weighted by Gasteiger charge is -2.16.